The predicted molar refractivity (Wildman–Crippen MR) is 73.2 cm³/mol. The van der Waals surface area contributed by atoms with Crippen molar-refractivity contribution in [2.75, 3.05) is 19.6 Å². The first-order chi connectivity index (χ1) is 9.27. The minimum absolute atomic E-state index is 0.123. The third-order valence-electron chi connectivity index (χ3n) is 3.51. The van der Waals surface area contributed by atoms with Crippen LogP contribution in [-0.2, 0) is 11.3 Å². The molecule has 0 radical (unpaired) electrons. The van der Waals surface area contributed by atoms with Crippen LogP contribution in [0.3, 0.4) is 0 Å². The predicted octanol–water partition coefficient (Wildman–Crippen LogP) is 2.32. The van der Waals surface area contributed by atoms with E-state index in [1.54, 1.807) is 18.2 Å². The number of likely N-dealkylation sites (tertiary alicyclic amines) is 1. The summed E-state index contributed by atoms with van der Waals surface area (Å²) < 4.78 is 13.4. The Labute approximate surface area is 113 Å². The van der Waals surface area contributed by atoms with Gasteiger partial charge in [0.15, 0.2) is 0 Å². The quantitative estimate of drug-likeness (QED) is 0.905. The average Bonchev–Trinajstić information content (AvgIpc) is 2.70. The summed E-state index contributed by atoms with van der Waals surface area (Å²) in [6, 6.07) is 6.64. The van der Waals surface area contributed by atoms with Gasteiger partial charge < -0.3 is 10.2 Å². The smallest absolute Gasteiger partial charge is 0.236 e. The van der Waals surface area contributed by atoms with Crippen molar-refractivity contribution in [3.8, 4) is 0 Å². The van der Waals surface area contributed by atoms with Crippen molar-refractivity contribution in [1.82, 2.24) is 10.2 Å². The summed E-state index contributed by atoms with van der Waals surface area (Å²) in [5, 5.41) is 3.03. The Morgan fingerprint density at radius 1 is 1.16 bits per heavy atom. The zero-order chi connectivity index (χ0) is 13.5. The number of rotatable bonds is 4. The van der Waals surface area contributed by atoms with Crippen LogP contribution in [0.25, 0.3) is 0 Å². The van der Waals surface area contributed by atoms with Gasteiger partial charge in [-0.3, -0.25) is 4.79 Å². The normalized spacial score (nSPS) is 16.2. The highest BCUT2D eigenvalue weighted by atomic mass is 19.1. The lowest BCUT2D eigenvalue weighted by molar-refractivity contribution is -0.130. The molecule has 104 valence electrons. The van der Waals surface area contributed by atoms with Crippen LogP contribution in [0.15, 0.2) is 24.3 Å². The molecule has 1 aliphatic heterocycles. The monoisotopic (exact) mass is 264 g/mol. The molecular weight excluding hydrogens is 243 g/mol. The number of amides is 1. The molecule has 4 heteroatoms. The Bertz CT molecular complexity index is 414. The second kappa shape index (κ2) is 7.24. The Hall–Kier alpha value is -1.42. The summed E-state index contributed by atoms with van der Waals surface area (Å²) in [6.45, 7) is 2.40. The van der Waals surface area contributed by atoms with Crippen molar-refractivity contribution < 1.29 is 9.18 Å². The fourth-order valence-corrected chi connectivity index (χ4v) is 2.38. The van der Waals surface area contributed by atoms with Crippen molar-refractivity contribution in [2.45, 2.75) is 32.2 Å². The van der Waals surface area contributed by atoms with Gasteiger partial charge in [-0.25, -0.2) is 4.39 Å². The number of halogens is 1. The van der Waals surface area contributed by atoms with Gasteiger partial charge in [-0.2, -0.15) is 0 Å². The standard InChI is InChI=1S/C15H21FN2O/c16-14-8-4-3-7-13(14)11-17-12-15(19)18-9-5-1-2-6-10-18/h3-4,7-8,17H,1-2,5-6,9-12H2. The molecule has 3 nitrogen and oxygen atoms in total. The van der Waals surface area contributed by atoms with Crippen molar-refractivity contribution >= 4 is 5.91 Å². The van der Waals surface area contributed by atoms with Crippen molar-refractivity contribution in [3.63, 3.8) is 0 Å². The van der Waals surface area contributed by atoms with Crippen LogP contribution in [-0.4, -0.2) is 30.4 Å². The average molecular weight is 264 g/mol. The van der Waals surface area contributed by atoms with Gasteiger partial charge in [0.25, 0.3) is 0 Å². The highest BCUT2D eigenvalue weighted by molar-refractivity contribution is 5.78. The first-order valence-electron chi connectivity index (χ1n) is 6.99. The number of carbonyl (C=O) groups is 1. The summed E-state index contributed by atoms with van der Waals surface area (Å²) >= 11 is 0. The summed E-state index contributed by atoms with van der Waals surface area (Å²) in [4.78, 5) is 13.9. The highest BCUT2D eigenvalue weighted by Gasteiger charge is 2.14. The summed E-state index contributed by atoms with van der Waals surface area (Å²) in [5.41, 5.74) is 0.603. The van der Waals surface area contributed by atoms with E-state index in [1.165, 1.54) is 18.9 Å². The lowest BCUT2D eigenvalue weighted by Gasteiger charge is -2.20. The van der Waals surface area contributed by atoms with Gasteiger partial charge in [-0.1, -0.05) is 31.0 Å². The third kappa shape index (κ3) is 4.31. The first kappa shape index (κ1) is 14.0. The van der Waals surface area contributed by atoms with Crippen LogP contribution in [0.1, 0.15) is 31.2 Å². The molecule has 0 aliphatic carbocycles. The minimum atomic E-state index is -0.225. The number of hydrogen-bond donors (Lipinski definition) is 1. The van der Waals surface area contributed by atoms with E-state index in [0.29, 0.717) is 12.1 Å². The maximum Gasteiger partial charge on any atom is 0.236 e. The molecule has 1 amide bonds. The molecule has 2 rings (SSSR count). The number of nitrogens with one attached hydrogen (secondary N) is 1. The van der Waals surface area contributed by atoms with Gasteiger partial charge in [0.2, 0.25) is 5.91 Å². The van der Waals surface area contributed by atoms with E-state index in [4.69, 9.17) is 0 Å². The van der Waals surface area contributed by atoms with E-state index in [-0.39, 0.29) is 18.3 Å². The van der Waals surface area contributed by atoms with E-state index < -0.39 is 0 Å². The largest absolute Gasteiger partial charge is 0.342 e. The van der Waals surface area contributed by atoms with Crippen molar-refractivity contribution in [2.24, 2.45) is 0 Å². The van der Waals surface area contributed by atoms with Gasteiger partial charge in [0, 0.05) is 25.2 Å². The van der Waals surface area contributed by atoms with Gasteiger partial charge in [0.05, 0.1) is 6.54 Å². The molecule has 1 N–H and O–H groups in total. The number of nitrogens with zero attached hydrogens (tertiary/aromatic N) is 1. The molecule has 0 aromatic heterocycles. The van der Waals surface area contributed by atoms with E-state index in [1.807, 2.05) is 4.90 Å². The van der Waals surface area contributed by atoms with Crippen LogP contribution < -0.4 is 5.32 Å². The van der Waals surface area contributed by atoms with Gasteiger partial charge in [0.1, 0.15) is 5.82 Å². The topological polar surface area (TPSA) is 32.3 Å². The van der Waals surface area contributed by atoms with Crippen molar-refractivity contribution in [3.05, 3.63) is 35.6 Å². The van der Waals surface area contributed by atoms with Crippen LogP contribution in [0, 0.1) is 5.82 Å². The molecule has 0 unspecified atom stereocenters. The Morgan fingerprint density at radius 3 is 2.53 bits per heavy atom. The maximum atomic E-state index is 13.4. The van der Waals surface area contributed by atoms with Crippen molar-refractivity contribution in [1.29, 1.82) is 0 Å². The SMILES string of the molecule is O=C(CNCc1ccccc1F)N1CCCCCC1. The zero-order valence-corrected chi connectivity index (χ0v) is 11.2. The lowest BCUT2D eigenvalue weighted by atomic mass is 10.2. The first-order valence-corrected chi connectivity index (χ1v) is 6.99. The molecule has 1 aromatic carbocycles. The second-order valence-electron chi connectivity index (χ2n) is 4.99. The Balaban J connectivity index is 1.76. The fourth-order valence-electron chi connectivity index (χ4n) is 2.38. The molecule has 0 bridgehead atoms. The van der Waals surface area contributed by atoms with E-state index in [9.17, 15) is 9.18 Å². The van der Waals surface area contributed by atoms with Gasteiger partial charge in [-0.15, -0.1) is 0 Å². The maximum absolute atomic E-state index is 13.4. The van der Waals surface area contributed by atoms with E-state index in [0.717, 1.165) is 25.9 Å². The van der Waals surface area contributed by atoms with Gasteiger partial charge >= 0.3 is 0 Å². The lowest BCUT2D eigenvalue weighted by Crippen LogP contribution is -2.38. The van der Waals surface area contributed by atoms with Crippen LogP contribution >= 0.6 is 0 Å². The zero-order valence-electron chi connectivity index (χ0n) is 11.2. The van der Waals surface area contributed by atoms with Crippen LogP contribution in [0.4, 0.5) is 4.39 Å². The highest BCUT2D eigenvalue weighted by Crippen LogP contribution is 2.09. The summed E-state index contributed by atoms with van der Waals surface area (Å²) in [7, 11) is 0. The molecule has 19 heavy (non-hydrogen) atoms. The second-order valence-corrected chi connectivity index (χ2v) is 4.99. The Morgan fingerprint density at radius 2 is 1.84 bits per heavy atom. The fraction of sp³-hybridized carbons (Fsp3) is 0.533. The molecular formula is C15H21FN2O. The number of hydrogen-bond acceptors (Lipinski definition) is 2. The molecule has 0 spiro atoms. The third-order valence-corrected chi connectivity index (χ3v) is 3.51. The van der Waals surface area contributed by atoms with E-state index >= 15 is 0 Å². The summed E-state index contributed by atoms with van der Waals surface area (Å²) in [5.74, 6) is -0.101. The van der Waals surface area contributed by atoms with Crippen LogP contribution in [0.5, 0.6) is 0 Å². The molecule has 1 aromatic rings. The Kier molecular flexibility index (Phi) is 5.33. The van der Waals surface area contributed by atoms with Gasteiger partial charge in [-0.05, 0) is 18.9 Å². The van der Waals surface area contributed by atoms with Crippen LogP contribution in [0.2, 0.25) is 0 Å². The molecule has 0 saturated carbocycles. The number of carbonyl (C=O) groups excluding carboxylic acids is 1. The number of benzene rings is 1. The minimum Gasteiger partial charge on any atom is -0.342 e. The van der Waals surface area contributed by atoms with E-state index in [2.05, 4.69) is 5.32 Å². The molecule has 1 fully saturated rings. The molecule has 1 aliphatic rings. The molecule has 0 atom stereocenters. The summed E-state index contributed by atoms with van der Waals surface area (Å²) in [6.07, 6.45) is 4.62. The molecule has 1 heterocycles. The molecule has 1 saturated heterocycles.